The van der Waals surface area contributed by atoms with Crippen LogP contribution in [0.25, 0.3) is 0 Å². The Morgan fingerprint density at radius 2 is 1.75 bits per heavy atom. The molecular formula is C15H13ClF3NO3S. The molecule has 0 saturated heterocycles. The molecule has 0 heterocycles. The molecule has 9 heteroatoms. The summed E-state index contributed by atoms with van der Waals surface area (Å²) in [5.74, 6) is 0.00974. The van der Waals surface area contributed by atoms with Gasteiger partial charge in [-0.15, -0.1) is 0 Å². The highest BCUT2D eigenvalue weighted by molar-refractivity contribution is 7.89. The van der Waals surface area contributed by atoms with Crippen molar-refractivity contribution in [2.24, 2.45) is 0 Å². The molecule has 0 aliphatic heterocycles. The lowest BCUT2D eigenvalue weighted by Crippen LogP contribution is -2.28. The molecule has 0 spiro atoms. The van der Waals surface area contributed by atoms with Crippen molar-refractivity contribution in [2.75, 3.05) is 13.2 Å². The first-order valence-corrected chi connectivity index (χ1v) is 8.60. The lowest BCUT2D eigenvalue weighted by molar-refractivity contribution is -0.137. The molecule has 0 aromatic heterocycles. The number of halogens is 4. The zero-order valence-corrected chi connectivity index (χ0v) is 13.8. The van der Waals surface area contributed by atoms with Gasteiger partial charge in [-0.2, -0.15) is 13.2 Å². The second-order valence-corrected chi connectivity index (χ2v) is 6.93. The van der Waals surface area contributed by atoms with Crippen LogP contribution in [0, 0.1) is 0 Å². The molecule has 0 aliphatic carbocycles. The Labute approximate surface area is 142 Å². The summed E-state index contributed by atoms with van der Waals surface area (Å²) >= 11 is 5.69. The van der Waals surface area contributed by atoms with E-state index in [-0.39, 0.29) is 23.8 Å². The first kappa shape index (κ1) is 18.6. The quantitative estimate of drug-likeness (QED) is 0.778. The number of hydrogen-bond donors (Lipinski definition) is 1. The highest BCUT2D eigenvalue weighted by Crippen LogP contribution is 2.31. The van der Waals surface area contributed by atoms with Gasteiger partial charge < -0.3 is 4.74 Å². The predicted molar refractivity (Wildman–Crippen MR) is 83.6 cm³/mol. The lowest BCUT2D eigenvalue weighted by Gasteiger charge is -2.11. The van der Waals surface area contributed by atoms with Gasteiger partial charge in [0.1, 0.15) is 12.4 Å². The molecule has 0 bridgehead atoms. The Morgan fingerprint density at radius 3 is 2.38 bits per heavy atom. The lowest BCUT2D eigenvalue weighted by atomic mass is 10.2. The highest BCUT2D eigenvalue weighted by Gasteiger charge is 2.30. The first-order chi connectivity index (χ1) is 11.2. The standard InChI is InChI=1S/C15H13ClF3NO3S/c16-12-4-6-14(7-5-12)24(21,22)20-8-9-23-13-3-1-2-11(10-13)15(17,18)19/h1-7,10,20H,8-9H2. The van der Waals surface area contributed by atoms with Crippen LogP contribution in [-0.2, 0) is 16.2 Å². The van der Waals surface area contributed by atoms with Gasteiger partial charge in [0.05, 0.1) is 10.5 Å². The minimum Gasteiger partial charge on any atom is -0.492 e. The van der Waals surface area contributed by atoms with Crippen LogP contribution >= 0.6 is 11.6 Å². The zero-order valence-electron chi connectivity index (χ0n) is 12.2. The van der Waals surface area contributed by atoms with Crippen molar-refractivity contribution in [3.05, 3.63) is 59.1 Å². The van der Waals surface area contributed by atoms with Gasteiger partial charge in [-0.3, -0.25) is 0 Å². The molecule has 0 unspecified atom stereocenters. The monoisotopic (exact) mass is 379 g/mol. The van der Waals surface area contributed by atoms with Gasteiger partial charge in [-0.05, 0) is 42.5 Å². The zero-order chi connectivity index (χ0) is 17.8. The van der Waals surface area contributed by atoms with Gasteiger partial charge in [0, 0.05) is 11.6 Å². The van der Waals surface area contributed by atoms with Crippen LogP contribution in [0.15, 0.2) is 53.4 Å². The fourth-order valence-electron chi connectivity index (χ4n) is 1.80. The van der Waals surface area contributed by atoms with Crippen LogP contribution in [0.5, 0.6) is 5.75 Å². The van der Waals surface area contributed by atoms with E-state index in [1.54, 1.807) is 0 Å². The van der Waals surface area contributed by atoms with E-state index >= 15 is 0 Å². The molecule has 0 fully saturated rings. The second kappa shape index (κ2) is 7.42. The van der Waals surface area contributed by atoms with E-state index in [4.69, 9.17) is 16.3 Å². The average molecular weight is 380 g/mol. The molecule has 130 valence electrons. The minimum atomic E-state index is -4.46. The summed E-state index contributed by atoms with van der Waals surface area (Å²) in [6.45, 7) is -0.213. The van der Waals surface area contributed by atoms with Gasteiger partial charge in [0.25, 0.3) is 0 Å². The van der Waals surface area contributed by atoms with E-state index in [2.05, 4.69) is 4.72 Å². The van der Waals surface area contributed by atoms with Crippen LogP contribution in [-0.4, -0.2) is 21.6 Å². The van der Waals surface area contributed by atoms with Gasteiger partial charge >= 0.3 is 6.18 Å². The van der Waals surface area contributed by atoms with Crippen molar-refractivity contribution < 1.29 is 26.3 Å². The largest absolute Gasteiger partial charge is 0.492 e. The summed E-state index contributed by atoms with van der Waals surface area (Å²) in [6, 6.07) is 9.93. The Balaban J connectivity index is 1.90. The highest BCUT2D eigenvalue weighted by atomic mass is 35.5. The average Bonchev–Trinajstić information content (AvgIpc) is 2.51. The van der Waals surface area contributed by atoms with Crippen molar-refractivity contribution in [3.63, 3.8) is 0 Å². The Kier molecular flexibility index (Phi) is 5.74. The molecule has 0 aliphatic rings. The van der Waals surface area contributed by atoms with Crippen LogP contribution in [0.1, 0.15) is 5.56 Å². The van der Waals surface area contributed by atoms with Crippen molar-refractivity contribution in [1.82, 2.24) is 4.72 Å². The van der Waals surface area contributed by atoms with Gasteiger partial charge in [-0.1, -0.05) is 17.7 Å². The Bertz CT molecular complexity index is 792. The number of benzene rings is 2. The summed E-state index contributed by atoms with van der Waals surface area (Å²) in [5.41, 5.74) is -0.832. The molecule has 4 nitrogen and oxygen atoms in total. The van der Waals surface area contributed by atoms with E-state index < -0.39 is 21.8 Å². The molecular weight excluding hydrogens is 367 g/mol. The number of nitrogens with one attached hydrogen (secondary N) is 1. The van der Waals surface area contributed by atoms with Crippen LogP contribution in [0.2, 0.25) is 5.02 Å². The Morgan fingerprint density at radius 1 is 1.08 bits per heavy atom. The molecule has 2 aromatic carbocycles. The fourth-order valence-corrected chi connectivity index (χ4v) is 2.94. The molecule has 0 amide bonds. The van der Waals surface area contributed by atoms with E-state index in [0.717, 1.165) is 12.1 Å². The van der Waals surface area contributed by atoms with Crippen LogP contribution in [0.3, 0.4) is 0 Å². The summed E-state index contributed by atoms with van der Waals surface area (Å²) in [6.07, 6.45) is -4.46. The molecule has 0 radical (unpaired) electrons. The fraction of sp³-hybridized carbons (Fsp3) is 0.200. The van der Waals surface area contributed by atoms with Crippen molar-refractivity contribution in [1.29, 1.82) is 0 Å². The minimum absolute atomic E-state index is 0.00974. The maximum absolute atomic E-state index is 12.6. The molecule has 1 N–H and O–H groups in total. The van der Waals surface area contributed by atoms with E-state index in [9.17, 15) is 21.6 Å². The molecule has 0 saturated carbocycles. The van der Waals surface area contributed by atoms with E-state index in [1.165, 1.54) is 36.4 Å². The third kappa shape index (κ3) is 5.12. The predicted octanol–water partition coefficient (Wildman–Crippen LogP) is 3.72. The summed E-state index contributed by atoms with van der Waals surface area (Å²) in [7, 11) is -3.73. The van der Waals surface area contributed by atoms with Crippen molar-refractivity contribution in [3.8, 4) is 5.75 Å². The topological polar surface area (TPSA) is 55.4 Å². The van der Waals surface area contributed by atoms with E-state index in [1.807, 2.05) is 0 Å². The number of hydrogen-bond acceptors (Lipinski definition) is 3. The molecule has 2 aromatic rings. The van der Waals surface area contributed by atoms with Crippen LogP contribution in [0.4, 0.5) is 13.2 Å². The number of sulfonamides is 1. The molecule has 2 rings (SSSR count). The number of ether oxygens (including phenoxy) is 1. The summed E-state index contributed by atoms with van der Waals surface area (Å²) < 4.78 is 69.1. The third-order valence-electron chi connectivity index (χ3n) is 2.95. The number of alkyl halides is 3. The van der Waals surface area contributed by atoms with Gasteiger partial charge in [-0.25, -0.2) is 13.1 Å². The van der Waals surface area contributed by atoms with Crippen molar-refractivity contribution in [2.45, 2.75) is 11.1 Å². The van der Waals surface area contributed by atoms with Gasteiger partial charge in [0.15, 0.2) is 0 Å². The van der Waals surface area contributed by atoms with E-state index in [0.29, 0.717) is 5.02 Å². The smallest absolute Gasteiger partial charge is 0.416 e. The van der Waals surface area contributed by atoms with Gasteiger partial charge in [0.2, 0.25) is 10.0 Å². The molecule has 0 atom stereocenters. The third-order valence-corrected chi connectivity index (χ3v) is 4.68. The SMILES string of the molecule is O=S(=O)(NCCOc1cccc(C(F)(F)F)c1)c1ccc(Cl)cc1. The summed E-state index contributed by atoms with van der Waals surface area (Å²) in [5, 5.41) is 0.404. The second-order valence-electron chi connectivity index (χ2n) is 4.73. The maximum atomic E-state index is 12.6. The normalized spacial score (nSPS) is 12.2. The Hall–Kier alpha value is -1.77. The van der Waals surface area contributed by atoms with Crippen LogP contribution < -0.4 is 9.46 Å². The number of rotatable bonds is 6. The summed E-state index contributed by atoms with van der Waals surface area (Å²) in [4.78, 5) is 0.0333. The molecule has 24 heavy (non-hydrogen) atoms. The van der Waals surface area contributed by atoms with Crippen molar-refractivity contribution >= 4 is 21.6 Å². The first-order valence-electron chi connectivity index (χ1n) is 6.74. The maximum Gasteiger partial charge on any atom is 0.416 e.